The number of carbonyl (C=O) groups is 2. The minimum atomic E-state index is -0.374. The van der Waals surface area contributed by atoms with E-state index in [4.69, 9.17) is 0 Å². The molecule has 0 aromatic rings. The summed E-state index contributed by atoms with van der Waals surface area (Å²) in [4.78, 5) is 31.4. The molecule has 2 heterocycles. The van der Waals surface area contributed by atoms with Crippen LogP contribution in [0, 0.1) is 0 Å². The molecule has 20 heavy (non-hydrogen) atoms. The zero-order valence-corrected chi connectivity index (χ0v) is 13.0. The molecule has 0 aliphatic carbocycles. The average Bonchev–Trinajstić information content (AvgIpc) is 3.12. The molecule has 2 atom stereocenters. The topological polar surface area (TPSA) is 77.3 Å². The first-order valence-corrected chi connectivity index (χ1v) is 8.15. The van der Waals surface area contributed by atoms with Crippen LogP contribution in [0.1, 0.15) is 12.8 Å². The minimum absolute atomic E-state index is 0.286. The molecule has 0 radical (unpaired) electrons. The number of hydrogen-bond acceptors (Lipinski definition) is 8. The zero-order chi connectivity index (χ0) is 14.5. The molecule has 110 valence electrons. The lowest BCUT2D eigenvalue weighted by atomic mass is 10.3. The molecule has 0 aromatic carbocycles. The number of esters is 2. The van der Waals surface area contributed by atoms with Crippen molar-refractivity contribution in [2.24, 2.45) is 9.98 Å². The Morgan fingerprint density at radius 2 is 1.40 bits per heavy atom. The summed E-state index contributed by atoms with van der Waals surface area (Å²) in [6, 6.07) is -0.748. The molecule has 0 unspecified atom stereocenters. The van der Waals surface area contributed by atoms with Crippen LogP contribution >= 0.6 is 23.5 Å². The Labute approximate surface area is 125 Å². The van der Waals surface area contributed by atoms with Crippen molar-refractivity contribution in [1.82, 2.24) is 0 Å². The number of hydrogen-bond donors (Lipinski definition) is 0. The number of nitrogens with zero attached hydrogens (tertiary/aromatic N) is 2. The van der Waals surface area contributed by atoms with Gasteiger partial charge < -0.3 is 9.47 Å². The van der Waals surface area contributed by atoms with Gasteiger partial charge >= 0.3 is 11.9 Å². The largest absolute Gasteiger partial charge is 0.467 e. The van der Waals surface area contributed by atoms with E-state index in [2.05, 4.69) is 19.5 Å². The lowest BCUT2D eigenvalue weighted by Crippen LogP contribution is -2.19. The second-order valence-electron chi connectivity index (χ2n) is 4.25. The highest BCUT2D eigenvalue weighted by molar-refractivity contribution is 8.14. The fourth-order valence-corrected chi connectivity index (χ4v) is 3.87. The maximum atomic E-state index is 11.3. The van der Waals surface area contributed by atoms with Crippen LogP contribution in [-0.2, 0) is 19.1 Å². The summed E-state index contributed by atoms with van der Waals surface area (Å²) in [5, 5.41) is 1.90. The van der Waals surface area contributed by atoms with Gasteiger partial charge in [-0.05, 0) is 0 Å². The van der Waals surface area contributed by atoms with Gasteiger partial charge in [0, 0.05) is 24.3 Å². The van der Waals surface area contributed by atoms with Crippen molar-refractivity contribution in [2.45, 2.75) is 24.9 Å². The molecule has 8 heteroatoms. The Morgan fingerprint density at radius 3 is 1.75 bits per heavy atom. The third-order valence-electron chi connectivity index (χ3n) is 2.91. The second-order valence-corrected chi connectivity index (χ2v) is 6.43. The molecule has 0 fully saturated rings. The Kier molecular flexibility index (Phi) is 5.47. The fourth-order valence-electron chi connectivity index (χ4n) is 1.85. The fraction of sp³-hybridized carbons (Fsp3) is 0.667. The van der Waals surface area contributed by atoms with Crippen molar-refractivity contribution in [2.75, 3.05) is 25.7 Å². The van der Waals surface area contributed by atoms with Gasteiger partial charge in [0.1, 0.15) is 0 Å². The Morgan fingerprint density at radius 1 is 1.00 bits per heavy atom. The smallest absolute Gasteiger partial charge is 0.331 e. The molecule has 2 aliphatic heterocycles. The summed E-state index contributed by atoms with van der Waals surface area (Å²) < 4.78 is 9.35. The van der Waals surface area contributed by atoms with Crippen LogP contribution in [0.4, 0.5) is 0 Å². The van der Waals surface area contributed by atoms with Gasteiger partial charge in [0.05, 0.1) is 24.3 Å². The number of carbonyl (C=O) groups excluding carboxylic acids is 2. The quantitative estimate of drug-likeness (QED) is 0.708. The Bertz CT molecular complexity index is 422. The van der Waals surface area contributed by atoms with E-state index in [0.717, 1.165) is 22.9 Å². The van der Waals surface area contributed by atoms with Crippen molar-refractivity contribution < 1.29 is 19.1 Å². The first-order valence-electron chi connectivity index (χ1n) is 6.18. The average molecular weight is 316 g/mol. The van der Waals surface area contributed by atoms with E-state index in [0.29, 0.717) is 11.5 Å². The van der Waals surface area contributed by atoms with Crippen LogP contribution < -0.4 is 0 Å². The van der Waals surface area contributed by atoms with E-state index in [-0.39, 0.29) is 24.0 Å². The van der Waals surface area contributed by atoms with Crippen LogP contribution in [0.3, 0.4) is 0 Å². The molecule has 0 saturated carbocycles. The lowest BCUT2D eigenvalue weighted by molar-refractivity contribution is -0.142. The Hall–Kier alpha value is -1.02. The van der Waals surface area contributed by atoms with E-state index < -0.39 is 0 Å². The van der Waals surface area contributed by atoms with Crippen LogP contribution in [0.2, 0.25) is 0 Å². The molecule has 2 aliphatic rings. The van der Waals surface area contributed by atoms with Gasteiger partial charge in [-0.25, -0.2) is 9.59 Å². The second kappa shape index (κ2) is 7.12. The zero-order valence-electron chi connectivity index (χ0n) is 11.3. The molecular formula is C12H16N2O4S2. The molecule has 0 aromatic heterocycles. The highest BCUT2D eigenvalue weighted by Crippen LogP contribution is 2.26. The summed E-state index contributed by atoms with van der Waals surface area (Å²) in [5.41, 5.74) is 0. The SMILES string of the molecule is COC(=O)[C@H]1CSC(CCC2=N[C@@H](C(=O)OC)CS2)=N1. The first kappa shape index (κ1) is 15.4. The van der Waals surface area contributed by atoms with Gasteiger partial charge in [0.2, 0.25) is 0 Å². The summed E-state index contributed by atoms with van der Waals surface area (Å²) in [6.45, 7) is 0. The maximum absolute atomic E-state index is 11.3. The lowest BCUT2D eigenvalue weighted by Gasteiger charge is -2.01. The van der Waals surface area contributed by atoms with Gasteiger partial charge in [-0.1, -0.05) is 0 Å². The molecule has 0 N–H and O–H groups in total. The monoisotopic (exact) mass is 316 g/mol. The standard InChI is InChI=1S/C12H16N2O4S2/c1-17-11(15)7-5-19-9(13-7)3-4-10-14-8(6-20-10)12(16)18-2/h7-8H,3-6H2,1-2H3/t7-,8-/m1/s1. The van der Waals surface area contributed by atoms with Crippen LogP contribution in [0.25, 0.3) is 0 Å². The molecule has 0 bridgehead atoms. The molecule has 0 saturated heterocycles. The van der Waals surface area contributed by atoms with Crippen molar-refractivity contribution in [1.29, 1.82) is 0 Å². The van der Waals surface area contributed by atoms with Gasteiger partial charge in [-0.15, -0.1) is 23.5 Å². The van der Waals surface area contributed by atoms with Crippen molar-refractivity contribution >= 4 is 45.5 Å². The molecule has 0 spiro atoms. The number of methoxy groups -OCH3 is 2. The third kappa shape index (κ3) is 3.76. The van der Waals surface area contributed by atoms with Crippen molar-refractivity contribution in [3.63, 3.8) is 0 Å². The van der Waals surface area contributed by atoms with Gasteiger partial charge in [0.15, 0.2) is 12.1 Å². The highest BCUT2D eigenvalue weighted by atomic mass is 32.2. The van der Waals surface area contributed by atoms with Crippen LogP contribution in [0.5, 0.6) is 0 Å². The van der Waals surface area contributed by atoms with Crippen molar-refractivity contribution in [3.8, 4) is 0 Å². The molecule has 0 amide bonds. The summed E-state index contributed by atoms with van der Waals surface area (Å²) in [5.74, 6) is 0.718. The number of aliphatic imine (C=N–C) groups is 2. The minimum Gasteiger partial charge on any atom is -0.467 e. The van der Waals surface area contributed by atoms with Crippen LogP contribution in [0.15, 0.2) is 9.98 Å². The van der Waals surface area contributed by atoms with Gasteiger partial charge in [-0.3, -0.25) is 9.98 Å². The van der Waals surface area contributed by atoms with Gasteiger partial charge in [0.25, 0.3) is 0 Å². The van der Waals surface area contributed by atoms with E-state index >= 15 is 0 Å². The van der Waals surface area contributed by atoms with E-state index in [1.807, 2.05) is 0 Å². The predicted molar refractivity (Wildman–Crippen MR) is 80.6 cm³/mol. The normalized spacial score (nSPS) is 25.1. The van der Waals surface area contributed by atoms with E-state index in [1.54, 1.807) is 23.5 Å². The molecule has 2 rings (SSSR count). The number of rotatable bonds is 5. The molecular weight excluding hydrogens is 300 g/mol. The summed E-state index contributed by atoms with van der Waals surface area (Å²) in [7, 11) is 2.74. The third-order valence-corrected chi connectivity index (χ3v) is 5.16. The maximum Gasteiger partial charge on any atom is 0.331 e. The van der Waals surface area contributed by atoms with Crippen LogP contribution in [-0.4, -0.2) is 59.8 Å². The van der Waals surface area contributed by atoms with Crippen molar-refractivity contribution in [3.05, 3.63) is 0 Å². The summed E-state index contributed by atoms with van der Waals surface area (Å²) in [6.07, 6.45) is 1.50. The predicted octanol–water partition coefficient (Wildman–Crippen LogP) is 1.14. The van der Waals surface area contributed by atoms with Gasteiger partial charge in [-0.2, -0.15) is 0 Å². The Balaban J connectivity index is 1.82. The summed E-state index contributed by atoms with van der Waals surface area (Å²) >= 11 is 3.16. The number of ether oxygens (including phenoxy) is 2. The first-order chi connectivity index (χ1) is 9.63. The van der Waals surface area contributed by atoms with E-state index in [1.165, 1.54) is 14.2 Å². The highest BCUT2D eigenvalue weighted by Gasteiger charge is 2.28. The number of thioether (sulfide) groups is 2. The van der Waals surface area contributed by atoms with E-state index in [9.17, 15) is 9.59 Å². The molecule has 6 nitrogen and oxygen atoms in total.